The number of nitrogens with zero attached hydrogens (tertiary/aromatic N) is 2. The number of rotatable bonds is 7. The fourth-order valence-corrected chi connectivity index (χ4v) is 7.33. The van der Waals surface area contributed by atoms with Gasteiger partial charge in [-0.2, -0.15) is 10.2 Å². The van der Waals surface area contributed by atoms with Gasteiger partial charge in [0.05, 0.1) is 29.6 Å². The number of aryl methyl sites for hydroxylation is 1. The molecule has 0 spiro atoms. The van der Waals surface area contributed by atoms with Gasteiger partial charge in [0.25, 0.3) is 4.61 Å². The molecule has 0 saturated carbocycles. The third kappa shape index (κ3) is 3.54. The van der Waals surface area contributed by atoms with E-state index in [-0.39, 0.29) is 19.6 Å². The van der Waals surface area contributed by atoms with Crippen molar-refractivity contribution in [2.45, 2.75) is 56.1 Å². The Bertz CT molecular complexity index is 680. The van der Waals surface area contributed by atoms with Gasteiger partial charge in [0, 0.05) is 11.3 Å². The lowest BCUT2D eigenvalue weighted by molar-refractivity contribution is 0.206. The van der Waals surface area contributed by atoms with Crippen LogP contribution in [0.15, 0.2) is 39.4 Å². The predicted molar refractivity (Wildman–Crippen MR) is 94.7 cm³/mol. The molecule has 1 aromatic carbocycles. The second-order valence-corrected chi connectivity index (χ2v) is 10.6. The van der Waals surface area contributed by atoms with Gasteiger partial charge in [0.2, 0.25) is 0 Å². The first kappa shape index (κ1) is 19.4. The molecule has 1 aliphatic rings. The maximum atomic E-state index is 13.5. The van der Waals surface area contributed by atoms with Crippen molar-refractivity contribution >= 4 is 18.4 Å². The van der Waals surface area contributed by atoms with E-state index in [0.717, 1.165) is 5.56 Å². The van der Waals surface area contributed by atoms with E-state index in [0.29, 0.717) is 4.90 Å². The van der Waals surface area contributed by atoms with Gasteiger partial charge in [-0.15, -0.1) is 0 Å². The van der Waals surface area contributed by atoms with E-state index in [1.54, 1.807) is 26.0 Å². The highest BCUT2D eigenvalue weighted by Gasteiger charge is 2.62. The standard InChI is InChI=1S/C16H25N2O4PS/c1-6-21-23(19,22-7-2)16(12-15(4,5)17-18-16)24(20)14-10-8-13(3)9-11-14/h8-11H,6-7,12H2,1-5H3. The molecule has 0 fully saturated rings. The average Bonchev–Trinajstić information content (AvgIpc) is 2.85. The van der Waals surface area contributed by atoms with Crippen LogP contribution >= 0.6 is 7.60 Å². The molecule has 0 N–H and O–H groups in total. The molecule has 2 rings (SSSR count). The van der Waals surface area contributed by atoms with Crippen molar-refractivity contribution in [1.82, 2.24) is 0 Å². The quantitative estimate of drug-likeness (QED) is 0.652. The minimum Gasteiger partial charge on any atom is -0.306 e. The maximum Gasteiger partial charge on any atom is 0.373 e. The first-order chi connectivity index (χ1) is 11.2. The van der Waals surface area contributed by atoms with Crippen LogP contribution in [0.5, 0.6) is 0 Å². The topological polar surface area (TPSA) is 77.3 Å². The summed E-state index contributed by atoms with van der Waals surface area (Å²) in [4.78, 5) is 0.539. The van der Waals surface area contributed by atoms with Crippen LogP contribution in [0.4, 0.5) is 0 Å². The van der Waals surface area contributed by atoms with Crippen molar-refractivity contribution < 1.29 is 17.8 Å². The van der Waals surface area contributed by atoms with Crippen LogP contribution in [0.3, 0.4) is 0 Å². The van der Waals surface area contributed by atoms with E-state index in [1.165, 1.54) is 0 Å². The smallest absolute Gasteiger partial charge is 0.306 e. The molecule has 1 aromatic rings. The zero-order chi connectivity index (χ0) is 18.0. The molecule has 8 heteroatoms. The summed E-state index contributed by atoms with van der Waals surface area (Å²) in [6.45, 7) is 9.50. The maximum absolute atomic E-state index is 13.5. The van der Waals surface area contributed by atoms with Crippen LogP contribution in [-0.2, 0) is 24.4 Å². The molecule has 134 valence electrons. The normalized spacial score (nSPS) is 24.2. The van der Waals surface area contributed by atoms with Gasteiger partial charge in [-0.3, -0.25) is 8.77 Å². The lowest BCUT2D eigenvalue weighted by Crippen LogP contribution is -2.36. The molecule has 0 bridgehead atoms. The molecule has 6 nitrogen and oxygen atoms in total. The van der Waals surface area contributed by atoms with Crippen LogP contribution in [-0.4, -0.2) is 27.6 Å². The first-order valence-electron chi connectivity index (χ1n) is 8.01. The second kappa shape index (κ2) is 7.16. The number of hydrogen-bond acceptors (Lipinski definition) is 6. The average molecular weight is 372 g/mol. The van der Waals surface area contributed by atoms with Crippen molar-refractivity contribution in [2.24, 2.45) is 10.2 Å². The molecule has 0 saturated heterocycles. The summed E-state index contributed by atoms with van der Waals surface area (Å²) in [7, 11) is -5.49. The Kier molecular flexibility index (Phi) is 5.80. The fourth-order valence-electron chi connectivity index (χ4n) is 2.63. The van der Waals surface area contributed by atoms with E-state index in [1.807, 2.05) is 32.9 Å². The molecule has 0 aromatic heterocycles. The zero-order valence-corrected chi connectivity index (χ0v) is 16.5. The second-order valence-electron chi connectivity index (χ2n) is 6.35. The summed E-state index contributed by atoms with van der Waals surface area (Å²) < 4.78 is 36.4. The summed E-state index contributed by atoms with van der Waals surface area (Å²) in [5.74, 6) is 0. The molecule has 0 radical (unpaired) electrons. The Morgan fingerprint density at radius 1 is 1.12 bits per heavy atom. The third-order valence-corrected chi connectivity index (χ3v) is 8.69. The highest BCUT2D eigenvalue weighted by atomic mass is 32.2. The lowest BCUT2D eigenvalue weighted by atomic mass is 10.0. The predicted octanol–water partition coefficient (Wildman–Crippen LogP) is 4.66. The van der Waals surface area contributed by atoms with E-state index in [2.05, 4.69) is 10.2 Å². The molecule has 2 atom stereocenters. The Morgan fingerprint density at radius 3 is 2.08 bits per heavy atom. The van der Waals surface area contributed by atoms with Crippen LogP contribution < -0.4 is 0 Å². The van der Waals surface area contributed by atoms with E-state index in [9.17, 15) is 8.77 Å². The summed E-state index contributed by atoms with van der Waals surface area (Å²) in [5, 5.41) is 8.46. The Labute approximate surface area is 146 Å². The molecule has 0 aliphatic carbocycles. The van der Waals surface area contributed by atoms with Crippen molar-refractivity contribution in [1.29, 1.82) is 0 Å². The molecule has 1 aliphatic heterocycles. The van der Waals surface area contributed by atoms with E-state index in [4.69, 9.17) is 9.05 Å². The van der Waals surface area contributed by atoms with Crippen LogP contribution in [0.2, 0.25) is 0 Å². The van der Waals surface area contributed by atoms with Gasteiger partial charge in [-0.05, 0) is 46.8 Å². The van der Waals surface area contributed by atoms with Gasteiger partial charge in [-0.1, -0.05) is 17.7 Å². The molecular formula is C16H25N2O4PS. The summed E-state index contributed by atoms with van der Waals surface area (Å²) >= 11 is 0. The molecule has 1 heterocycles. The monoisotopic (exact) mass is 372 g/mol. The largest absolute Gasteiger partial charge is 0.373 e. The van der Waals surface area contributed by atoms with Crippen molar-refractivity contribution in [3.63, 3.8) is 0 Å². The van der Waals surface area contributed by atoms with E-state index < -0.39 is 28.5 Å². The van der Waals surface area contributed by atoms with Gasteiger partial charge >= 0.3 is 7.60 Å². The molecular weight excluding hydrogens is 347 g/mol. The Balaban J connectivity index is 2.56. The summed E-state index contributed by atoms with van der Waals surface area (Å²) in [5.41, 5.74) is 0.473. The van der Waals surface area contributed by atoms with Gasteiger partial charge in [0.1, 0.15) is 0 Å². The van der Waals surface area contributed by atoms with Crippen molar-refractivity contribution in [3.05, 3.63) is 29.8 Å². The van der Waals surface area contributed by atoms with Crippen molar-refractivity contribution in [3.8, 4) is 0 Å². The minimum absolute atomic E-state index is 0.181. The molecule has 0 amide bonds. The summed E-state index contributed by atoms with van der Waals surface area (Å²) in [6.07, 6.45) is 0.234. The van der Waals surface area contributed by atoms with Crippen LogP contribution in [0.25, 0.3) is 0 Å². The lowest BCUT2D eigenvalue weighted by Gasteiger charge is -2.32. The fraction of sp³-hybridized carbons (Fsp3) is 0.625. The highest BCUT2D eigenvalue weighted by molar-refractivity contribution is 7.94. The Hall–Kier alpha value is -0.880. The number of benzene rings is 1. The summed E-state index contributed by atoms with van der Waals surface area (Å²) in [6, 6.07) is 7.25. The van der Waals surface area contributed by atoms with Crippen molar-refractivity contribution in [2.75, 3.05) is 13.2 Å². The zero-order valence-electron chi connectivity index (χ0n) is 14.8. The van der Waals surface area contributed by atoms with Gasteiger partial charge in [-0.25, -0.2) is 0 Å². The number of hydrogen-bond donors (Lipinski definition) is 0. The number of azo groups is 1. The minimum atomic E-state index is -3.77. The Morgan fingerprint density at radius 2 is 1.67 bits per heavy atom. The van der Waals surface area contributed by atoms with E-state index >= 15 is 0 Å². The molecule has 24 heavy (non-hydrogen) atoms. The third-order valence-electron chi connectivity index (χ3n) is 3.70. The van der Waals surface area contributed by atoms with Gasteiger partial charge < -0.3 is 9.05 Å². The first-order valence-corrected chi connectivity index (χ1v) is 10.7. The van der Waals surface area contributed by atoms with Crippen LogP contribution in [0.1, 0.15) is 39.7 Å². The van der Waals surface area contributed by atoms with Crippen LogP contribution in [0, 0.1) is 6.92 Å². The van der Waals surface area contributed by atoms with Gasteiger partial charge in [0.15, 0.2) is 0 Å². The molecule has 2 unspecified atom stereocenters. The SMILES string of the molecule is CCOP(=O)(OCC)C1(S(=O)c2ccc(C)cc2)CC(C)(C)N=N1. The highest BCUT2D eigenvalue weighted by Crippen LogP contribution is 2.67.